The Kier molecular flexibility index (Phi) is 9.92. The lowest BCUT2D eigenvalue weighted by Crippen LogP contribution is -2.26. The second-order valence-electron chi connectivity index (χ2n) is 4.53. The largest absolute Gasteiger partial charge is 0.381 e. The molecule has 1 amide bonds. The number of carbonyl (C=O) groups is 1. The molecule has 0 aliphatic heterocycles. The van der Waals surface area contributed by atoms with Crippen LogP contribution in [-0.4, -0.2) is 31.4 Å². The van der Waals surface area contributed by atoms with Crippen LogP contribution in [0, 0.1) is 0 Å². The standard InChI is InChI=1S/C15H21Cl2NO2S/c1-2-3-8-20-9-4-7-18-15(19)11-21-14-10-12(16)5-6-13(14)17/h5-6,10H,2-4,7-9,11H2,1H3,(H,18,19). The van der Waals surface area contributed by atoms with Gasteiger partial charge in [0, 0.05) is 29.7 Å². The second kappa shape index (κ2) is 11.2. The summed E-state index contributed by atoms with van der Waals surface area (Å²) in [6, 6.07) is 5.23. The average Bonchev–Trinajstić information content (AvgIpc) is 2.47. The number of ether oxygens (including phenoxy) is 1. The lowest BCUT2D eigenvalue weighted by Gasteiger charge is -2.07. The molecule has 118 valence electrons. The lowest BCUT2D eigenvalue weighted by atomic mass is 10.4. The SMILES string of the molecule is CCCCOCCCNC(=O)CSc1cc(Cl)ccc1Cl. The Morgan fingerprint density at radius 3 is 2.81 bits per heavy atom. The van der Waals surface area contributed by atoms with Crippen LogP contribution >= 0.6 is 35.0 Å². The van der Waals surface area contributed by atoms with Gasteiger partial charge in [-0.05, 0) is 31.0 Å². The fourth-order valence-corrected chi connectivity index (χ4v) is 2.86. The molecule has 0 saturated carbocycles. The number of carbonyl (C=O) groups excluding carboxylic acids is 1. The lowest BCUT2D eigenvalue weighted by molar-refractivity contribution is -0.118. The highest BCUT2D eigenvalue weighted by molar-refractivity contribution is 8.00. The van der Waals surface area contributed by atoms with Crippen molar-refractivity contribution in [1.29, 1.82) is 0 Å². The zero-order chi connectivity index (χ0) is 15.5. The molecule has 6 heteroatoms. The van der Waals surface area contributed by atoms with E-state index in [2.05, 4.69) is 12.2 Å². The summed E-state index contributed by atoms with van der Waals surface area (Å²) in [5.74, 6) is 0.320. The maximum atomic E-state index is 11.7. The Bertz CT molecular complexity index is 444. The highest BCUT2D eigenvalue weighted by Crippen LogP contribution is 2.29. The molecular formula is C15H21Cl2NO2S. The Morgan fingerprint density at radius 2 is 2.05 bits per heavy atom. The van der Waals surface area contributed by atoms with Gasteiger partial charge in [0.2, 0.25) is 5.91 Å². The minimum absolute atomic E-state index is 0.00963. The third kappa shape index (κ3) is 8.57. The zero-order valence-electron chi connectivity index (χ0n) is 12.2. The van der Waals surface area contributed by atoms with Crippen molar-refractivity contribution < 1.29 is 9.53 Å². The number of hydrogen-bond donors (Lipinski definition) is 1. The molecule has 0 unspecified atom stereocenters. The van der Waals surface area contributed by atoms with E-state index < -0.39 is 0 Å². The first-order valence-electron chi connectivity index (χ1n) is 7.05. The van der Waals surface area contributed by atoms with Gasteiger partial charge in [-0.2, -0.15) is 0 Å². The summed E-state index contributed by atoms with van der Waals surface area (Å²) in [5.41, 5.74) is 0. The van der Waals surface area contributed by atoms with Crippen molar-refractivity contribution >= 4 is 40.9 Å². The number of amides is 1. The molecule has 0 heterocycles. The molecule has 0 aliphatic carbocycles. The molecular weight excluding hydrogens is 329 g/mol. The van der Waals surface area contributed by atoms with Gasteiger partial charge in [0.05, 0.1) is 10.8 Å². The molecule has 0 spiro atoms. The maximum absolute atomic E-state index is 11.7. The van der Waals surface area contributed by atoms with E-state index in [9.17, 15) is 4.79 Å². The van der Waals surface area contributed by atoms with E-state index in [-0.39, 0.29) is 5.91 Å². The topological polar surface area (TPSA) is 38.3 Å². The molecule has 0 aliphatic rings. The smallest absolute Gasteiger partial charge is 0.230 e. The summed E-state index contributed by atoms with van der Waals surface area (Å²) in [4.78, 5) is 12.5. The van der Waals surface area contributed by atoms with E-state index in [4.69, 9.17) is 27.9 Å². The van der Waals surface area contributed by atoms with Crippen molar-refractivity contribution in [2.45, 2.75) is 31.1 Å². The molecule has 1 aromatic carbocycles. The van der Waals surface area contributed by atoms with Crippen LogP contribution in [0.15, 0.2) is 23.1 Å². The predicted octanol–water partition coefficient (Wildman–Crippen LogP) is 4.41. The minimum Gasteiger partial charge on any atom is -0.381 e. The van der Waals surface area contributed by atoms with Crippen LogP contribution in [0.1, 0.15) is 26.2 Å². The number of nitrogens with one attached hydrogen (secondary N) is 1. The van der Waals surface area contributed by atoms with Gasteiger partial charge in [-0.3, -0.25) is 4.79 Å². The molecule has 0 saturated heterocycles. The fraction of sp³-hybridized carbons (Fsp3) is 0.533. The zero-order valence-corrected chi connectivity index (χ0v) is 14.5. The first kappa shape index (κ1) is 18.6. The van der Waals surface area contributed by atoms with E-state index >= 15 is 0 Å². The summed E-state index contributed by atoms with van der Waals surface area (Å²) in [5, 5.41) is 4.09. The molecule has 0 radical (unpaired) electrons. The monoisotopic (exact) mass is 349 g/mol. The predicted molar refractivity (Wildman–Crippen MR) is 90.5 cm³/mol. The van der Waals surface area contributed by atoms with E-state index in [1.807, 2.05) is 0 Å². The van der Waals surface area contributed by atoms with Crippen LogP contribution in [-0.2, 0) is 9.53 Å². The number of unbranched alkanes of at least 4 members (excludes halogenated alkanes) is 1. The highest BCUT2D eigenvalue weighted by Gasteiger charge is 2.06. The summed E-state index contributed by atoms with van der Waals surface area (Å²) in [7, 11) is 0. The minimum atomic E-state index is -0.00963. The van der Waals surface area contributed by atoms with Gasteiger partial charge in [-0.25, -0.2) is 0 Å². The number of halogens is 2. The van der Waals surface area contributed by atoms with Gasteiger partial charge in [0.1, 0.15) is 0 Å². The highest BCUT2D eigenvalue weighted by atomic mass is 35.5. The van der Waals surface area contributed by atoms with Gasteiger partial charge in [0.25, 0.3) is 0 Å². The third-order valence-electron chi connectivity index (χ3n) is 2.68. The third-order valence-corrected chi connectivity index (χ3v) is 4.41. The molecule has 0 fully saturated rings. The first-order valence-corrected chi connectivity index (χ1v) is 8.80. The first-order chi connectivity index (χ1) is 10.1. The molecule has 1 rings (SSSR count). The van der Waals surface area contributed by atoms with Crippen molar-refractivity contribution in [3.8, 4) is 0 Å². The van der Waals surface area contributed by atoms with Gasteiger partial charge >= 0.3 is 0 Å². The molecule has 21 heavy (non-hydrogen) atoms. The number of benzene rings is 1. The van der Waals surface area contributed by atoms with Crippen LogP contribution in [0.25, 0.3) is 0 Å². The number of thioether (sulfide) groups is 1. The van der Waals surface area contributed by atoms with Crippen LogP contribution in [0.2, 0.25) is 10.0 Å². The van der Waals surface area contributed by atoms with Crippen molar-refractivity contribution in [2.24, 2.45) is 0 Å². The molecule has 0 bridgehead atoms. The van der Waals surface area contributed by atoms with Crippen molar-refractivity contribution in [3.05, 3.63) is 28.2 Å². The van der Waals surface area contributed by atoms with E-state index in [1.165, 1.54) is 11.8 Å². The van der Waals surface area contributed by atoms with Gasteiger partial charge in [-0.1, -0.05) is 36.5 Å². The summed E-state index contributed by atoms with van der Waals surface area (Å²) < 4.78 is 5.43. The van der Waals surface area contributed by atoms with Crippen LogP contribution < -0.4 is 5.32 Å². The van der Waals surface area contributed by atoms with Crippen LogP contribution in [0.3, 0.4) is 0 Å². The van der Waals surface area contributed by atoms with Gasteiger partial charge in [-0.15, -0.1) is 11.8 Å². The summed E-state index contributed by atoms with van der Waals surface area (Å²) >= 11 is 13.3. The van der Waals surface area contributed by atoms with E-state index in [0.29, 0.717) is 28.9 Å². The number of hydrogen-bond acceptors (Lipinski definition) is 3. The average molecular weight is 350 g/mol. The van der Waals surface area contributed by atoms with Crippen molar-refractivity contribution in [2.75, 3.05) is 25.5 Å². The van der Waals surface area contributed by atoms with Gasteiger partial charge < -0.3 is 10.1 Å². The molecule has 0 atom stereocenters. The molecule has 1 aromatic rings. The molecule has 0 aromatic heterocycles. The Labute approximate surface area is 140 Å². The summed E-state index contributed by atoms with van der Waals surface area (Å²) in [6.45, 7) is 4.25. The Balaban J connectivity index is 2.12. The van der Waals surface area contributed by atoms with Gasteiger partial charge in [0.15, 0.2) is 0 Å². The molecule has 3 nitrogen and oxygen atoms in total. The Hall–Kier alpha value is -0.420. The summed E-state index contributed by atoms with van der Waals surface area (Å²) in [6.07, 6.45) is 3.06. The van der Waals surface area contributed by atoms with E-state index in [1.54, 1.807) is 18.2 Å². The normalized spacial score (nSPS) is 10.6. The van der Waals surface area contributed by atoms with E-state index in [0.717, 1.165) is 30.8 Å². The fourth-order valence-electron chi connectivity index (χ4n) is 1.53. The second-order valence-corrected chi connectivity index (χ2v) is 6.39. The maximum Gasteiger partial charge on any atom is 0.230 e. The number of rotatable bonds is 10. The van der Waals surface area contributed by atoms with Crippen LogP contribution in [0.5, 0.6) is 0 Å². The quantitative estimate of drug-likeness (QED) is 0.502. The Morgan fingerprint density at radius 1 is 1.29 bits per heavy atom. The van der Waals surface area contributed by atoms with Crippen molar-refractivity contribution in [3.63, 3.8) is 0 Å². The molecule has 1 N–H and O–H groups in total. The van der Waals surface area contributed by atoms with Crippen molar-refractivity contribution in [1.82, 2.24) is 5.32 Å². The van der Waals surface area contributed by atoms with Crippen LogP contribution in [0.4, 0.5) is 0 Å².